The quantitative estimate of drug-likeness (QED) is 0.883. The number of pyridine rings is 1. The molecule has 2 aliphatic rings. The normalized spacial score (nSPS) is 31.8. The highest BCUT2D eigenvalue weighted by Gasteiger charge is 2.41. The van der Waals surface area contributed by atoms with Crippen LogP contribution in [-0.2, 0) is 11.3 Å². The Morgan fingerprint density at radius 1 is 1.41 bits per heavy atom. The van der Waals surface area contributed by atoms with Gasteiger partial charge in [-0.1, -0.05) is 11.6 Å². The van der Waals surface area contributed by atoms with Crippen LogP contribution in [0.15, 0.2) is 18.5 Å². The van der Waals surface area contributed by atoms with E-state index in [4.69, 9.17) is 11.6 Å². The van der Waals surface area contributed by atoms with Crippen LogP contribution in [-0.4, -0.2) is 46.1 Å². The van der Waals surface area contributed by atoms with Crippen molar-refractivity contribution in [3.05, 3.63) is 29.0 Å². The molecule has 1 aliphatic carbocycles. The van der Waals surface area contributed by atoms with Crippen molar-refractivity contribution < 1.29 is 9.90 Å². The van der Waals surface area contributed by atoms with E-state index in [0.717, 1.165) is 38.0 Å². The molecule has 1 saturated carbocycles. The van der Waals surface area contributed by atoms with Crippen LogP contribution in [0, 0.1) is 11.8 Å². The van der Waals surface area contributed by atoms with Gasteiger partial charge < -0.3 is 10.4 Å². The number of hydrogen-bond acceptors (Lipinski definition) is 4. The molecule has 2 N–H and O–H groups in total. The minimum absolute atomic E-state index is 0.0673. The number of aromatic nitrogens is 1. The van der Waals surface area contributed by atoms with Gasteiger partial charge in [-0.15, -0.1) is 0 Å². The molecule has 1 amide bonds. The van der Waals surface area contributed by atoms with Gasteiger partial charge in [0.2, 0.25) is 5.91 Å². The van der Waals surface area contributed by atoms with E-state index in [1.54, 1.807) is 6.20 Å². The van der Waals surface area contributed by atoms with Crippen molar-refractivity contribution in [1.82, 2.24) is 15.2 Å². The van der Waals surface area contributed by atoms with Crippen molar-refractivity contribution in [3.8, 4) is 0 Å². The largest absolute Gasteiger partial charge is 0.391 e. The lowest BCUT2D eigenvalue weighted by atomic mass is 9.77. The highest BCUT2D eigenvalue weighted by Crippen LogP contribution is 2.37. The first kappa shape index (κ1) is 15.7. The van der Waals surface area contributed by atoms with E-state index >= 15 is 0 Å². The zero-order valence-corrected chi connectivity index (χ0v) is 13.5. The molecule has 120 valence electrons. The number of aliphatic hydroxyl groups excluding tert-OH is 1. The van der Waals surface area contributed by atoms with Crippen molar-refractivity contribution >= 4 is 17.5 Å². The average molecular weight is 324 g/mol. The molecule has 0 unspecified atom stereocenters. The van der Waals surface area contributed by atoms with Crippen LogP contribution < -0.4 is 5.32 Å². The third-order valence-electron chi connectivity index (χ3n) is 4.77. The second-order valence-electron chi connectivity index (χ2n) is 6.57. The first-order chi connectivity index (χ1) is 10.5. The maximum Gasteiger partial charge on any atom is 0.217 e. The number of rotatable bonds is 3. The molecule has 0 bridgehead atoms. The van der Waals surface area contributed by atoms with Crippen LogP contribution in [0.1, 0.15) is 25.3 Å². The van der Waals surface area contributed by atoms with Crippen molar-refractivity contribution in [2.45, 2.75) is 38.5 Å². The summed E-state index contributed by atoms with van der Waals surface area (Å²) in [5.74, 6) is 0.974. The molecule has 2 fully saturated rings. The van der Waals surface area contributed by atoms with Gasteiger partial charge in [-0.05, 0) is 36.3 Å². The van der Waals surface area contributed by atoms with E-state index in [2.05, 4.69) is 15.2 Å². The fraction of sp³-hybridized carbons (Fsp3) is 0.625. The van der Waals surface area contributed by atoms with Crippen LogP contribution in [0.3, 0.4) is 0 Å². The lowest BCUT2D eigenvalue weighted by Gasteiger charge is -2.35. The van der Waals surface area contributed by atoms with Gasteiger partial charge in [-0.2, -0.15) is 0 Å². The van der Waals surface area contributed by atoms with Gasteiger partial charge in [0.15, 0.2) is 0 Å². The Kier molecular flexibility index (Phi) is 4.66. The summed E-state index contributed by atoms with van der Waals surface area (Å²) < 4.78 is 0. The Bertz CT molecular complexity index is 554. The van der Waals surface area contributed by atoms with Gasteiger partial charge in [0.05, 0.1) is 17.2 Å². The summed E-state index contributed by atoms with van der Waals surface area (Å²) in [6.07, 6.45) is 4.68. The lowest BCUT2D eigenvalue weighted by Crippen LogP contribution is -2.48. The molecule has 1 aliphatic heterocycles. The summed E-state index contributed by atoms with van der Waals surface area (Å²) >= 11 is 5.98. The molecule has 5 nitrogen and oxygen atoms in total. The Balaban J connectivity index is 1.60. The molecule has 0 radical (unpaired) electrons. The molecule has 1 aromatic rings. The molecule has 2 heterocycles. The average Bonchev–Trinajstić information content (AvgIpc) is 2.79. The predicted octanol–water partition coefficient (Wildman–Crippen LogP) is 1.44. The van der Waals surface area contributed by atoms with E-state index in [-0.39, 0.29) is 11.9 Å². The maximum absolute atomic E-state index is 11.2. The highest BCUT2D eigenvalue weighted by atomic mass is 35.5. The Morgan fingerprint density at radius 2 is 2.14 bits per heavy atom. The number of nitrogens with zero attached hydrogens (tertiary/aromatic N) is 2. The summed E-state index contributed by atoms with van der Waals surface area (Å²) in [6, 6.07) is 1.84. The van der Waals surface area contributed by atoms with Gasteiger partial charge in [-0.25, -0.2) is 0 Å². The Morgan fingerprint density at radius 3 is 2.82 bits per heavy atom. The van der Waals surface area contributed by atoms with Gasteiger partial charge in [-0.3, -0.25) is 14.7 Å². The van der Waals surface area contributed by atoms with E-state index in [1.165, 1.54) is 6.92 Å². The molecule has 1 saturated heterocycles. The monoisotopic (exact) mass is 323 g/mol. The fourth-order valence-electron chi connectivity index (χ4n) is 3.87. The zero-order chi connectivity index (χ0) is 15.7. The molecule has 1 aromatic heterocycles. The SMILES string of the molecule is CC(=O)N[C@@H]1C[C@@H]2CN(Cc3cncc(Cl)c3)C[C@@H]2C[C@H]1O. The standard InChI is InChI=1S/C16H22ClN3O2/c1-10(21)19-15-3-12-8-20(9-13(12)4-16(15)22)7-11-2-14(17)6-18-5-11/h2,5-6,12-13,15-16,22H,3-4,7-9H2,1H3,(H,19,21)/t12-,13+,15-,16-/m1/s1. The summed E-state index contributed by atoms with van der Waals surface area (Å²) in [5.41, 5.74) is 1.12. The van der Waals surface area contributed by atoms with E-state index in [1.807, 2.05) is 12.3 Å². The first-order valence-corrected chi connectivity index (χ1v) is 8.16. The number of nitrogens with one attached hydrogen (secondary N) is 1. The van der Waals surface area contributed by atoms with Crippen LogP contribution in [0.4, 0.5) is 0 Å². The number of fused-ring (bicyclic) bond motifs is 1. The molecule has 0 aromatic carbocycles. The minimum Gasteiger partial charge on any atom is -0.391 e. The Labute approximate surface area is 135 Å². The smallest absolute Gasteiger partial charge is 0.217 e. The van der Waals surface area contributed by atoms with E-state index < -0.39 is 6.10 Å². The van der Waals surface area contributed by atoms with Crippen LogP contribution in [0.2, 0.25) is 5.02 Å². The first-order valence-electron chi connectivity index (χ1n) is 7.78. The molecule has 3 rings (SSSR count). The fourth-order valence-corrected chi connectivity index (χ4v) is 4.07. The van der Waals surface area contributed by atoms with Crippen LogP contribution >= 0.6 is 11.6 Å². The summed E-state index contributed by atoms with van der Waals surface area (Å²) in [6.45, 7) is 4.33. The number of aliphatic hydroxyl groups is 1. The van der Waals surface area contributed by atoms with Crippen molar-refractivity contribution in [3.63, 3.8) is 0 Å². The van der Waals surface area contributed by atoms with Crippen LogP contribution in [0.5, 0.6) is 0 Å². The maximum atomic E-state index is 11.2. The van der Waals surface area contributed by atoms with Gasteiger partial charge in [0, 0.05) is 39.0 Å². The second-order valence-corrected chi connectivity index (χ2v) is 7.01. The lowest BCUT2D eigenvalue weighted by molar-refractivity contribution is -0.121. The van der Waals surface area contributed by atoms with Gasteiger partial charge in [0.1, 0.15) is 0 Å². The van der Waals surface area contributed by atoms with Crippen LogP contribution in [0.25, 0.3) is 0 Å². The summed E-state index contributed by atoms with van der Waals surface area (Å²) in [4.78, 5) is 17.8. The summed E-state index contributed by atoms with van der Waals surface area (Å²) in [5, 5.41) is 13.8. The number of likely N-dealkylation sites (tertiary alicyclic amines) is 1. The predicted molar refractivity (Wildman–Crippen MR) is 84.3 cm³/mol. The minimum atomic E-state index is -0.432. The zero-order valence-electron chi connectivity index (χ0n) is 12.7. The molecular formula is C16H22ClN3O2. The summed E-state index contributed by atoms with van der Waals surface area (Å²) in [7, 11) is 0. The van der Waals surface area contributed by atoms with E-state index in [0.29, 0.717) is 16.9 Å². The van der Waals surface area contributed by atoms with Crippen molar-refractivity contribution in [1.29, 1.82) is 0 Å². The topological polar surface area (TPSA) is 65.5 Å². The molecule has 22 heavy (non-hydrogen) atoms. The Hall–Kier alpha value is -1.17. The molecule has 4 atom stereocenters. The van der Waals surface area contributed by atoms with Crippen molar-refractivity contribution in [2.24, 2.45) is 11.8 Å². The third kappa shape index (κ3) is 3.59. The number of amides is 1. The number of carbonyl (C=O) groups excluding carboxylic acids is 1. The molecule has 6 heteroatoms. The van der Waals surface area contributed by atoms with E-state index in [9.17, 15) is 9.90 Å². The number of hydrogen-bond donors (Lipinski definition) is 2. The third-order valence-corrected chi connectivity index (χ3v) is 4.98. The molecule has 0 spiro atoms. The highest BCUT2D eigenvalue weighted by molar-refractivity contribution is 6.30. The number of halogens is 1. The number of carbonyl (C=O) groups is 1. The van der Waals surface area contributed by atoms with Crippen molar-refractivity contribution in [2.75, 3.05) is 13.1 Å². The molecular weight excluding hydrogens is 302 g/mol. The van der Waals surface area contributed by atoms with Gasteiger partial charge >= 0.3 is 0 Å². The second kappa shape index (κ2) is 6.52. The van der Waals surface area contributed by atoms with Gasteiger partial charge in [0.25, 0.3) is 0 Å².